The molecule has 0 heterocycles. The van der Waals surface area contributed by atoms with Crippen LogP contribution in [0, 0.1) is 11.3 Å². The van der Waals surface area contributed by atoms with Gasteiger partial charge in [-0.05, 0) is 30.2 Å². The molecular weight excluding hydrogens is 308 g/mol. The first-order chi connectivity index (χ1) is 11.2. The zero-order valence-electron chi connectivity index (χ0n) is 12.6. The van der Waals surface area contributed by atoms with Gasteiger partial charge >= 0.3 is 0 Å². The molecule has 118 valence electrons. The number of thioether (sulfide) groups is 1. The average Bonchev–Trinajstić information content (AvgIpc) is 2.60. The van der Waals surface area contributed by atoms with Crippen molar-refractivity contribution in [3.05, 3.63) is 65.7 Å². The fraction of sp³-hybridized carbons (Fsp3) is 0.222. The molecule has 2 N–H and O–H groups in total. The molecule has 0 radical (unpaired) electrons. The van der Waals surface area contributed by atoms with Gasteiger partial charge in [0.2, 0.25) is 0 Å². The van der Waals surface area contributed by atoms with E-state index in [9.17, 15) is 9.90 Å². The number of aliphatic hydroxyl groups is 1. The SMILES string of the molecule is N#CCSc1cccc(C(=O)NC(CCO)c2ccccc2)c1. The Morgan fingerprint density at radius 1 is 1.22 bits per heavy atom. The Bertz CT molecular complexity index is 683. The lowest BCUT2D eigenvalue weighted by Crippen LogP contribution is -2.29. The van der Waals surface area contributed by atoms with Crippen molar-refractivity contribution < 1.29 is 9.90 Å². The summed E-state index contributed by atoms with van der Waals surface area (Å²) in [5.74, 6) is 0.161. The summed E-state index contributed by atoms with van der Waals surface area (Å²) in [4.78, 5) is 13.3. The van der Waals surface area contributed by atoms with E-state index in [2.05, 4.69) is 11.4 Å². The van der Waals surface area contributed by atoms with Gasteiger partial charge in [-0.15, -0.1) is 11.8 Å². The van der Waals surface area contributed by atoms with Gasteiger partial charge in [0.1, 0.15) is 0 Å². The van der Waals surface area contributed by atoms with Crippen molar-refractivity contribution in [3.8, 4) is 6.07 Å². The molecule has 0 aromatic heterocycles. The number of benzene rings is 2. The molecular formula is C18H18N2O2S. The molecule has 1 unspecified atom stereocenters. The van der Waals surface area contributed by atoms with Gasteiger partial charge in [0.25, 0.3) is 5.91 Å². The second kappa shape index (κ2) is 8.99. The van der Waals surface area contributed by atoms with Crippen LogP contribution in [0.15, 0.2) is 59.5 Å². The van der Waals surface area contributed by atoms with Gasteiger partial charge < -0.3 is 10.4 Å². The maximum atomic E-state index is 12.5. The first kappa shape index (κ1) is 17.1. The Labute approximate surface area is 140 Å². The number of amides is 1. The number of hydrogen-bond donors (Lipinski definition) is 2. The van der Waals surface area contributed by atoms with E-state index >= 15 is 0 Å². The molecule has 0 aliphatic carbocycles. The van der Waals surface area contributed by atoms with Crippen LogP contribution in [-0.2, 0) is 0 Å². The van der Waals surface area contributed by atoms with Crippen LogP contribution in [0.1, 0.15) is 28.4 Å². The summed E-state index contributed by atoms with van der Waals surface area (Å²) >= 11 is 1.40. The van der Waals surface area contributed by atoms with Crippen LogP contribution in [0.5, 0.6) is 0 Å². The number of carbonyl (C=O) groups excluding carboxylic acids is 1. The van der Waals surface area contributed by atoms with E-state index in [1.54, 1.807) is 18.2 Å². The minimum absolute atomic E-state index is 0.00208. The first-order valence-electron chi connectivity index (χ1n) is 7.31. The maximum Gasteiger partial charge on any atom is 0.251 e. The molecule has 0 saturated heterocycles. The fourth-order valence-corrected chi connectivity index (χ4v) is 2.84. The van der Waals surface area contributed by atoms with E-state index in [-0.39, 0.29) is 18.6 Å². The molecule has 0 aliphatic heterocycles. The molecule has 0 aliphatic rings. The lowest BCUT2D eigenvalue weighted by atomic mass is 10.0. The second-order valence-corrected chi connectivity index (χ2v) is 5.97. The fourth-order valence-electron chi connectivity index (χ4n) is 2.22. The van der Waals surface area contributed by atoms with E-state index in [1.165, 1.54) is 11.8 Å². The second-order valence-electron chi connectivity index (χ2n) is 4.92. The normalized spacial score (nSPS) is 11.5. The predicted octanol–water partition coefficient (Wildman–Crippen LogP) is 3.16. The minimum Gasteiger partial charge on any atom is -0.396 e. The van der Waals surface area contributed by atoms with Crippen molar-refractivity contribution in [1.82, 2.24) is 5.32 Å². The molecule has 23 heavy (non-hydrogen) atoms. The average molecular weight is 326 g/mol. The Kier molecular flexibility index (Phi) is 6.67. The Morgan fingerprint density at radius 2 is 2.00 bits per heavy atom. The Morgan fingerprint density at radius 3 is 2.70 bits per heavy atom. The van der Waals surface area contributed by atoms with Crippen LogP contribution in [0.4, 0.5) is 0 Å². The minimum atomic E-state index is -0.232. The number of nitrogens with zero attached hydrogens (tertiary/aromatic N) is 1. The van der Waals surface area contributed by atoms with Crippen LogP contribution in [0.25, 0.3) is 0 Å². The summed E-state index contributed by atoms with van der Waals surface area (Å²) in [5, 5.41) is 20.8. The number of nitrogens with one attached hydrogen (secondary N) is 1. The highest BCUT2D eigenvalue weighted by atomic mass is 32.2. The lowest BCUT2D eigenvalue weighted by Gasteiger charge is -2.18. The van der Waals surface area contributed by atoms with Crippen molar-refractivity contribution in [2.45, 2.75) is 17.4 Å². The van der Waals surface area contributed by atoms with Crippen molar-refractivity contribution in [3.63, 3.8) is 0 Å². The molecule has 1 atom stereocenters. The largest absolute Gasteiger partial charge is 0.396 e. The molecule has 2 aromatic carbocycles. The molecule has 5 heteroatoms. The topological polar surface area (TPSA) is 73.1 Å². The molecule has 2 aromatic rings. The van der Waals surface area contributed by atoms with E-state index < -0.39 is 0 Å². The summed E-state index contributed by atoms with van der Waals surface area (Å²) in [6.07, 6.45) is 0.457. The van der Waals surface area contributed by atoms with Crippen molar-refractivity contribution in [2.75, 3.05) is 12.4 Å². The van der Waals surface area contributed by atoms with Crippen molar-refractivity contribution in [2.24, 2.45) is 0 Å². The van der Waals surface area contributed by atoms with Crippen molar-refractivity contribution >= 4 is 17.7 Å². The van der Waals surface area contributed by atoms with E-state index in [1.807, 2.05) is 36.4 Å². The summed E-state index contributed by atoms with van der Waals surface area (Å²) in [6.45, 7) is -0.00208. The molecule has 0 bridgehead atoms. The van der Waals surface area contributed by atoms with Crippen LogP contribution in [0.2, 0.25) is 0 Å². The zero-order valence-corrected chi connectivity index (χ0v) is 13.4. The molecule has 0 fully saturated rings. The highest BCUT2D eigenvalue weighted by Crippen LogP contribution is 2.20. The van der Waals surface area contributed by atoms with E-state index in [0.717, 1.165) is 10.5 Å². The van der Waals surface area contributed by atoms with Crippen LogP contribution in [0.3, 0.4) is 0 Å². The first-order valence-corrected chi connectivity index (χ1v) is 8.29. The Hall–Kier alpha value is -2.29. The van der Waals surface area contributed by atoms with E-state index in [4.69, 9.17) is 5.26 Å². The van der Waals surface area contributed by atoms with Gasteiger partial charge in [-0.3, -0.25) is 4.79 Å². The smallest absolute Gasteiger partial charge is 0.251 e. The van der Waals surface area contributed by atoms with Crippen molar-refractivity contribution in [1.29, 1.82) is 5.26 Å². The van der Waals surface area contributed by atoms with Gasteiger partial charge in [-0.25, -0.2) is 0 Å². The third kappa shape index (κ3) is 5.13. The Balaban J connectivity index is 2.11. The monoisotopic (exact) mass is 326 g/mol. The quantitative estimate of drug-likeness (QED) is 0.767. The summed E-state index contributed by atoms with van der Waals surface area (Å²) in [6, 6.07) is 18.6. The summed E-state index contributed by atoms with van der Waals surface area (Å²) in [7, 11) is 0. The van der Waals surface area contributed by atoms with Gasteiger partial charge in [0, 0.05) is 17.1 Å². The number of nitriles is 1. The summed E-state index contributed by atoms with van der Waals surface area (Å²) in [5.41, 5.74) is 1.51. The molecule has 0 saturated carbocycles. The summed E-state index contributed by atoms with van der Waals surface area (Å²) < 4.78 is 0. The number of carbonyl (C=O) groups is 1. The van der Waals surface area contributed by atoms with E-state index in [0.29, 0.717) is 17.7 Å². The molecule has 1 amide bonds. The molecule has 4 nitrogen and oxygen atoms in total. The van der Waals surface area contributed by atoms with Gasteiger partial charge in [-0.1, -0.05) is 36.4 Å². The van der Waals surface area contributed by atoms with Crippen LogP contribution >= 0.6 is 11.8 Å². The maximum absolute atomic E-state index is 12.5. The number of hydrogen-bond acceptors (Lipinski definition) is 4. The number of rotatable bonds is 7. The van der Waals surface area contributed by atoms with Crippen LogP contribution < -0.4 is 5.32 Å². The number of aliphatic hydroxyl groups excluding tert-OH is 1. The highest BCUT2D eigenvalue weighted by Gasteiger charge is 2.15. The highest BCUT2D eigenvalue weighted by molar-refractivity contribution is 7.99. The molecule has 2 rings (SSSR count). The van der Waals surface area contributed by atoms with Crippen LogP contribution in [-0.4, -0.2) is 23.4 Å². The van der Waals surface area contributed by atoms with Gasteiger partial charge in [-0.2, -0.15) is 5.26 Å². The van der Waals surface area contributed by atoms with Gasteiger partial charge in [0.05, 0.1) is 17.9 Å². The third-order valence-electron chi connectivity index (χ3n) is 3.32. The van der Waals surface area contributed by atoms with Gasteiger partial charge in [0.15, 0.2) is 0 Å². The zero-order chi connectivity index (χ0) is 16.5. The standard InChI is InChI=1S/C18H18N2O2S/c19-10-12-23-16-8-4-7-15(13-16)18(22)20-17(9-11-21)14-5-2-1-3-6-14/h1-8,13,17,21H,9,11-12H2,(H,20,22). The molecule has 0 spiro atoms. The predicted molar refractivity (Wildman–Crippen MR) is 91.1 cm³/mol. The third-order valence-corrected chi connectivity index (χ3v) is 4.19. The lowest BCUT2D eigenvalue weighted by molar-refractivity contribution is 0.0929.